The fourth-order valence-electron chi connectivity index (χ4n) is 1.68. The molecule has 0 saturated heterocycles. The van der Waals surface area contributed by atoms with Gasteiger partial charge in [0.2, 0.25) is 5.91 Å². The molecule has 1 aromatic rings. The van der Waals surface area contributed by atoms with Crippen molar-refractivity contribution in [3.8, 4) is 0 Å². The van der Waals surface area contributed by atoms with Crippen LogP contribution in [0, 0.1) is 0 Å². The molecule has 1 atom stereocenters. The highest BCUT2D eigenvalue weighted by Crippen LogP contribution is 2.20. The summed E-state index contributed by atoms with van der Waals surface area (Å²) in [7, 11) is 0. The van der Waals surface area contributed by atoms with Gasteiger partial charge in [-0.15, -0.1) is 0 Å². The molecule has 1 fully saturated rings. The summed E-state index contributed by atoms with van der Waals surface area (Å²) in [6.07, 6.45) is 3.50. The van der Waals surface area contributed by atoms with Gasteiger partial charge in [0.15, 0.2) is 0 Å². The smallest absolute Gasteiger partial charge is 0.220 e. The third-order valence-corrected chi connectivity index (χ3v) is 2.85. The molecule has 1 unspecified atom stereocenters. The van der Waals surface area contributed by atoms with E-state index in [1.165, 1.54) is 0 Å². The van der Waals surface area contributed by atoms with Crippen molar-refractivity contribution in [2.45, 2.75) is 37.8 Å². The van der Waals surface area contributed by atoms with Crippen LogP contribution in [0.4, 0.5) is 0 Å². The van der Waals surface area contributed by atoms with Crippen molar-refractivity contribution in [1.82, 2.24) is 5.32 Å². The number of amides is 1. The molecule has 2 rings (SSSR count). The molecule has 0 aromatic heterocycles. The number of rotatable bonds is 5. The first kappa shape index (κ1) is 11.1. The summed E-state index contributed by atoms with van der Waals surface area (Å²) in [5, 5.41) is 2.97. The van der Waals surface area contributed by atoms with Gasteiger partial charge in [-0.05, 0) is 24.8 Å². The predicted octanol–water partition coefficient (Wildman–Crippen LogP) is 1.75. The van der Waals surface area contributed by atoms with Crippen LogP contribution < -0.4 is 11.1 Å². The van der Waals surface area contributed by atoms with Crippen LogP contribution >= 0.6 is 0 Å². The number of nitrogens with two attached hydrogens (primary N) is 1. The molecule has 0 aliphatic heterocycles. The van der Waals surface area contributed by atoms with E-state index in [-0.39, 0.29) is 11.9 Å². The van der Waals surface area contributed by atoms with E-state index in [1.807, 2.05) is 30.3 Å². The van der Waals surface area contributed by atoms with Crippen LogP contribution in [0.5, 0.6) is 0 Å². The molecule has 0 heterocycles. The van der Waals surface area contributed by atoms with E-state index in [4.69, 9.17) is 5.73 Å². The van der Waals surface area contributed by atoms with Gasteiger partial charge in [0.25, 0.3) is 0 Å². The van der Waals surface area contributed by atoms with Gasteiger partial charge >= 0.3 is 0 Å². The lowest BCUT2D eigenvalue weighted by atomic mass is 10.0. The lowest BCUT2D eigenvalue weighted by Crippen LogP contribution is -2.26. The van der Waals surface area contributed by atoms with Gasteiger partial charge in [0, 0.05) is 18.5 Å². The second-order valence-corrected chi connectivity index (χ2v) is 4.40. The Labute approximate surface area is 96.0 Å². The first-order chi connectivity index (χ1) is 7.75. The normalized spacial score (nSPS) is 16.8. The van der Waals surface area contributed by atoms with E-state index in [1.54, 1.807) is 0 Å². The first-order valence-electron chi connectivity index (χ1n) is 5.85. The first-order valence-corrected chi connectivity index (χ1v) is 5.85. The number of hydrogen-bond acceptors (Lipinski definition) is 2. The molecular weight excluding hydrogens is 200 g/mol. The highest BCUT2D eigenvalue weighted by molar-refractivity contribution is 5.76. The summed E-state index contributed by atoms with van der Waals surface area (Å²) < 4.78 is 0. The van der Waals surface area contributed by atoms with Crippen LogP contribution in [-0.2, 0) is 4.79 Å². The largest absolute Gasteiger partial charge is 0.353 e. The van der Waals surface area contributed by atoms with Crippen LogP contribution in [0.3, 0.4) is 0 Å². The van der Waals surface area contributed by atoms with Gasteiger partial charge in [0.1, 0.15) is 0 Å². The minimum Gasteiger partial charge on any atom is -0.353 e. The summed E-state index contributed by atoms with van der Waals surface area (Å²) >= 11 is 0. The lowest BCUT2D eigenvalue weighted by Gasteiger charge is -2.11. The van der Waals surface area contributed by atoms with Crippen LogP contribution in [-0.4, -0.2) is 11.9 Å². The second kappa shape index (κ2) is 5.12. The number of carbonyl (C=O) groups excluding carboxylic acids is 1. The summed E-state index contributed by atoms with van der Waals surface area (Å²) in [4.78, 5) is 11.5. The molecule has 0 spiro atoms. The minimum atomic E-state index is -0.0360. The highest BCUT2D eigenvalue weighted by Gasteiger charge is 2.23. The Kier molecular flexibility index (Phi) is 3.57. The van der Waals surface area contributed by atoms with Crippen LogP contribution in [0.2, 0.25) is 0 Å². The van der Waals surface area contributed by atoms with E-state index in [0.717, 1.165) is 18.4 Å². The molecular formula is C13H18N2O. The predicted molar refractivity (Wildman–Crippen MR) is 63.8 cm³/mol. The van der Waals surface area contributed by atoms with Crippen molar-refractivity contribution in [1.29, 1.82) is 0 Å². The van der Waals surface area contributed by atoms with Gasteiger partial charge in [-0.3, -0.25) is 4.79 Å². The van der Waals surface area contributed by atoms with E-state index in [9.17, 15) is 4.79 Å². The Morgan fingerprint density at radius 3 is 2.69 bits per heavy atom. The fourth-order valence-corrected chi connectivity index (χ4v) is 1.68. The Hall–Kier alpha value is -1.35. The van der Waals surface area contributed by atoms with Crippen molar-refractivity contribution in [2.75, 3.05) is 0 Å². The van der Waals surface area contributed by atoms with Crippen molar-refractivity contribution >= 4 is 5.91 Å². The Morgan fingerprint density at radius 2 is 2.06 bits per heavy atom. The lowest BCUT2D eigenvalue weighted by molar-refractivity contribution is -0.121. The Morgan fingerprint density at radius 1 is 1.38 bits per heavy atom. The van der Waals surface area contributed by atoms with Gasteiger partial charge in [-0.1, -0.05) is 30.3 Å². The maximum atomic E-state index is 11.5. The van der Waals surface area contributed by atoms with Crippen LogP contribution in [0.15, 0.2) is 30.3 Å². The van der Waals surface area contributed by atoms with Crippen LogP contribution in [0.1, 0.15) is 37.3 Å². The van der Waals surface area contributed by atoms with E-state index in [0.29, 0.717) is 18.9 Å². The zero-order chi connectivity index (χ0) is 11.4. The molecule has 3 nitrogen and oxygen atoms in total. The number of carbonyl (C=O) groups is 1. The molecule has 1 aromatic carbocycles. The van der Waals surface area contributed by atoms with Gasteiger partial charge in [-0.25, -0.2) is 0 Å². The van der Waals surface area contributed by atoms with E-state index >= 15 is 0 Å². The van der Waals surface area contributed by atoms with Gasteiger partial charge in [0.05, 0.1) is 0 Å². The minimum absolute atomic E-state index is 0.0360. The summed E-state index contributed by atoms with van der Waals surface area (Å²) in [6.45, 7) is 0. The average Bonchev–Trinajstić information content (AvgIpc) is 3.11. The molecule has 1 amide bonds. The molecule has 0 radical (unpaired) electrons. The SMILES string of the molecule is NC(CCC(=O)NC1CC1)c1ccccc1. The molecule has 1 saturated carbocycles. The standard InChI is InChI=1S/C13H18N2O/c14-12(10-4-2-1-3-5-10)8-9-13(16)15-11-6-7-11/h1-5,11-12H,6-9,14H2,(H,15,16). The zero-order valence-corrected chi connectivity index (χ0v) is 9.36. The number of hydrogen-bond donors (Lipinski definition) is 2. The average molecular weight is 218 g/mol. The fraction of sp³-hybridized carbons (Fsp3) is 0.462. The van der Waals surface area contributed by atoms with Crippen molar-refractivity contribution in [2.24, 2.45) is 5.73 Å². The Bertz CT molecular complexity index is 346. The zero-order valence-electron chi connectivity index (χ0n) is 9.36. The van der Waals surface area contributed by atoms with Gasteiger partial charge in [-0.2, -0.15) is 0 Å². The van der Waals surface area contributed by atoms with E-state index < -0.39 is 0 Å². The number of nitrogens with one attached hydrogen (secondary N) is 1. The third kappa shape index (κ3) is 3.35. The maximum Gasteiger partial charge on any atom is 0.220 e. The van der Waals surface area contributed by atoms with E-state index in [2.05, 4.69) is 5.32 Å². The third-order valence-electron chi connectivity index (χ3n) is 2.85. The molecule has 86 valence electrons. The molecule has 0 bridgehead atoms. The second-order valence-electron chi connectivity index (χ2n) is 4.40. The Balaban J connectivity index is 1.74. The maximum absolute atomic E-state index is 11.5. The summed E-state index contributed by atoms with van der Waals surface area (Å²) in [5.74, 6) is 0.133. The van der Waals surface area contributed by atoms with Crippen molar-refractivity contribution < 1.29 is 4.79 Å². The molecule has 1 aliphatic rings. The van der Waals surface area contributed by atoms with Crippen molar-refractivity contribution in [3.63, 3.8) is 0 Å². The molecule has 1 aliphatic carbocycles. The quantitative estimate of drug-likeness (QED) is 0.791. The summed E-state index contributed by atoms with van der Waals surface area (Å²) in [6, 6.07) is 10.3. The topological polar surface area (TPSA) is 55.1 Å². The molecule has 16 heavy (non-hydrogen) atoms. The highest BCUT2D eigenvalue weighted by atomic mass is 16.1. The molecule has 3 N–H and O–H groups in total. The van der Waals surface area contributed by atoms with Crippen LogP contribution in [0.25, 0.3) is 0 Å². The summed E-state index contributed by atoms with van der Waals surface area (Å²) in [5.41, 5.74) is 7.11. The number of benzene rings is 1. The molecule has 3 heteroatoms. The van der Waals surface area contributed by atoms with Crippen molar-refractivity contribution in [3.05, 3.63) is 35.9 Å². The monoisotopic (exact) mass is 218 g/mol. The van der Waals surface area contributed by atoms with Gasteiger partial charge < -0.3 is 11.1 Å².